The molecule has 0 radical (unpaired) electrons. The van der Waals surface area contributed by atoms with Crippen molar-refractivity contribution in [2.45, 2.75) is 39.2 Å². The van der Waals surface area contributed by atoms with Crippen molar-refractivity contribution in [1.82, 2.24) is 5.32 Å². The number of esters is 1. The molecule has 3 heteroatoms. The second kappa shape index (κ2) is 6.60. The molecule has 0 saturated carbocycles. The summed E-state index contributed by atoms with van der Waals surface area (Å²) in [6.45, 7) is 10.5. The molecule has 0 fully saturated rings. The van der Waals surface area contributed by atoms with Crippen LogP contribution in [0.15, 0.2) is 12.7 Å². The minimum absolute atomic E-state index is 0.160. The second-order valence-corrected chi connectivity index (χ2v) is 3.18. The fraction of sp³-hybridized carbons (Fsp3) is 0.727. The summed E-state index contributed by atoms with van der Waals surface area (Å²) in [5, 5.41) is 3.17. The van der Waals surface area contributed by atoms with Crippen molar-refractivity contribution in [2.24, 2.45) is 0 Å². The first-order chi connectivity index (χ1) is 6.66. The molecule has 0 unspecified atom stereocenters. The molecule has 0 saturated heterocycles. The van der Waals surface area contributed by atoms with Crippen molar-refractivity contribution in [2.75, 3.05) is 13.2 Å². The molecule has 0 spiro atoms. The molecule has 0 aromatic rings. The van der Waals surface area contributed by atoms with Gasteiger partial charge in [0.15, 0.2) is 0 Å². The molecule has 0 rings (SSSR count). The third-order valence-corrected chi connectivity index (χ3v) is 2.46. The number of carbonyl (C=O) groups excluding carboxylic acids is 1. The van der Waals surface area contributed by atoms with Gasteiger partial charge in [-0.2, -0.15) is 0 Å². The Morgan fingerprint density at radius 1 is 1.43 bits per heavy atom. The monoisotopic (exact) mass is 199 g/mol. The van der Waals surface area contributed by atoms with E-state index in [-0.39, 0.29) is 5.97 Å². The van der Waals surface area contributed by atoms with Crippen LogP contribution in [0.3, 0.4) is 0 Å². The van der Waals surface area contributed by atoms with E-state index in [4.69, 9.17) is 4.74 Å². The van der Waals surface area contributed by atoms with Gasteiger partial charge in [0, 0.05) is 6.54 Å². The normalized spacial score (nSPS) is 11.1. The third kappa shape index (κ3) is 3.14. The number of ether oxygens (including phenoxy) is 1. The van der Waals surface area contributed by atoms with Crippen molar-refractivity contribution in [3.8, 4) is 0 Å². The Labute approximate surface area is 86.5 Å². The van der Waals surface area contributed by atoms with Gasteiger partial charge in [0.1, 0.15) is 5.54 Å². The molecule has 0 aliphatic carbocycles. The Bertz CT molecular complexity index is 186. The summed E-state index contributed by atoms with van der Waals surface area (Å²) in [6.07, 6.45) is 3.21. The maximum Gasteiger partial charge on any atom is 0.326 e. The van der Waals surface area contributed by atoms with E-state index in [0.717, 1.165) is 12.8 Å². The topological polar surface area (TPSA) is 38.3 Å². The predicted molar refractivity (Wildman–Crippen MR) is 58.1 cm³/mol. The summed E-state index contributed by atoms with van der Waals surface area (Å²) in [5.41, 5.74) is -0.538. The molecular formula is C11H21NO2. The smallest absolute Gasteiger partial charge is 0.326 e. The molecule has 3 nitrogen and oxygen atoms in total. The Kier molecular flexibility index (Phi) is 6.21. The zero-order chi connectivity index (χ0) is 11.0. The van der Waals surface area contributed by atoms with Gasteiger partial charge in [0.25, 0.3) is 0 Å². The molecule has 0 bridgehead atoms. The van der Waals surface area contributed by atoms with Crippen LogP contribution in [0.5, 0.6) is 0 Å². The lowest BCUT2D eigenvalue weighted by Crippen LogP contribution is -2.52. The summed E-state index contributed by atoms with van der Waals surface area (Å²) in [6, 6.07) is 0. The molecule has 0 amide bonds. The molecule has 82 valence electrons. The van der Waals surface area contributed by atoms with Gasteiger partial charge in [-0.15, -0.1) is 6.58 Å². The number of hydrogen-bond donors (Lipinski definition) is 1. The zero-order valence-corrected chi connectivity index (χ0v) is 9.43. The Morgan fingerprint density at radius 2 is 2.00 bits per heavy atom. The summed E-state index contributed by atoms with van der Waals surface area (Å²) >= 11 is 0. The lowest BCUT2D eigenvalue weighted by atomic mass is 9.93. The van der Waals surface area contributed by atoms with E-state index >= 15 is 0 Å². The molecule has 1 N–H and O–H groups in total. The highest BCUT2D eigenvalue weighted by Gasteiger charge is 2.35. The van der Waals surface area contributed by atoms with Crippen LogP contribution in [0.1, 0.15) is 33.6 Å². The van der Waals surface area contributed by atoms with Crippen LogP contribution in [0.2, 0.25) is 0 Å². The van der Waals surface area contributed by atoms with Gasteiger partial charge in [-0.1, -0.05) is 19.9 Å². The van der Waals surface area contributed by atoms with Gasteiger partial charge in [-0.05, 0) is 19.8 Å². The van der Waals surface area contributed by atoms with Crippen molar-refractivity contribution in [1.29, 1.82) is 0 Å². The van der Waals surface area contributed by atoms with Crippen molar-refractivity contribution in [3.63, 3.8) is 0 Å². The van der Waals surface area contributed by atoms with Gasteiger partial charge < -0.3 is 4.74 Å². The molecule has 0 aliphatic heterocycles. The number of hydrogen-bond acceptors (Lipinski definition) is 3. The summed E-state index contributed by atoms with van der Waals surface area (Å²) < 4.78 is 5.05. The molecular weight excluding hydrogens is 178 g/mol. The lowest BCUT2D eigenvalue weighted by Gasteiger charge is -2.29. The van der Waals surface area contributed by atoms with E-state index in [1.807, 2.05) is 20.8 Å². The fourth-order valence-electron chi connectivity index (χ4n) is 1.40. The van der Waals surface area contributed by atoms with E-state index in [1.165, 1.54) is 0 Å². The summed E-state index contributed by atoms with van der Waals surface area (Å²) in [7, 11) is 0. The van der Waals surface area contributed by atoms with Crippen LogP contribution < -0.4 is 5.32 Å². The minimum atomic E-state index is -0.538. The SMILES string of the molecule is C=CCNC(CC)(CC)C(=O)OCC. The molecule has 0 aromatic heterocycles. The standard InChI is InChI=1S/C11H21NO2/c1-5-9-12-11(6-2,7-3)10(13)14-8-4/h5,12H,1,6-9H2,2-4H3. The first-order valence-corrected chi connectivity index (χ1v) is 5.20. The fourth-order valence-corrected chi connectivity index (χ4v) is 1.40. The third-order valence-electron chi connectivity index (χ3n) is 2.46. The van der Waals surface area contributed by atoms with Crippen LogP contribution in [0.25, 0.3) is 0 Å². The lowest BCUT2D eigenvalue weighted by molar-refractivity contribution is -0.151. The maximum absolute atomic E-state index is 11.7. The largest absolute Gasteiger partial charge is 0.465 e. The number of rotatable bonds is 7. The van der Waals surface area contributed by atoms with Crippen LogP contribution >= 0.6 is 0 Å². The Balaban J connectivity index is 4.49. The molecule has 0 heterocycles. The molecule has 14 heavy (non-hydrogen) atoms. The highest BCUT2D eigenvalue weighted by Crippen LogP contribution is 2.16. The van der Waals surface area contributed by atoms with Gasteiger partial charge in [0.05, 0.1) is 6.61 Å². The van der Waals surface area contributed by atoms with E-state index in [0.29, 0.717) is 13.2 Å². The first-order valence-electron chi connectivity index (χ1n) is 5.20. The molecule has 0 atom stereocenters. The van der Waals surface area contributed by atoms with Crippen LogP contribution in [-0.4, -0.2) is 24.7 Å². The van der Waals surface area contributed by atoms with Gasteiger partial charge in [-0.25, -0.2) is 0 Å². The van der Waals surface area contributed by atoms with E-state index in [1.54, 1.807) is 6.08 Å². The van der Waals surface area contributed by atoms with Crippen LogP contribution in [0.4, 0.5) is 0 Å². The first kappa shape index (κ1) is 13.2. The van der Waals surface area contributed by atoms with Gasteiger partial charge >= 0.3 is 5.97 Å². The number of nitrogens with one attached hydrogen (secondary N) is 1. The van der Waals surface area contributed by atoms with Crippen molar-refractivity contribution in [3.05, 3.63) is 12.7 Å². The van der Waals surface area contributed by atoms with E-state index < -0.39 is 5.54 Å². The maximum atomic E-state index is 11.7. The molecule has 0 aromatic carbocycles. The molecule has 0 aliphatic rings. The van der Waals surface area contributed by atoms with Crippen molar-refractivity contribution >= 4 is 5.97 Å². The average Bonchev–Trinajstić information content (AvgIpc) is 2.21. The Morgan fingerprint density at radius 3 is 2.36 bits per heavy atom. The minimum Gasteiger partial charge on any atom is -0.465 e. The van der Waals surface area contributed by atoms with Gasteiger partial charge in [-0.3, -0.25) is 10.1 Å². The predicted octanol–water partition coefficient (Wildman–Crippen LogP) is 1.88. The Hall–Kier alpha value is -0.830. The van der Waals surface area contributed by atoms with Crippen molar-refractivity contribution < 1.29 is 9.53 Å². The highest BCUT2D eigenvalue weighted by molar-refractivity contribution is 5.80. The van der Waals surface area contributed by atoms with Crippen LogP contribution in [-0.2, 0) is 9.53 Å². The second-order valence-electron chi connectivity index (χ2n) is 3.18. The van der Waals surface area contributed by atoms with Crippen LogP contribution in [0, 0.1) is 0 Å². The summed E-state index contributed by atoms with van der Waals surface area (Å²) in [5.74, 6) is -0.160. The van der Waals surface area contributed by atoms with Gasteiger partial charge in [0.2, 0.25) is 0 Å². The number of carbonyl (C=O) groups is 1. The zero-order valence-electron chi connectivity index (χ0n) is 9.43. The average molecular weight is 199 g/mol. The highest BCUT2D eigenvalue weighted by atomic mass is 16.5. The van der Waals surface area contributed by atoms with E-state index in [9.17, 15) is 4.79 Å². The van der Waals surface area contributed by atoms with E-state index in [2.05, 4.69) is 11.9 Å². The quantitative estimate of drug-likeness (QED) is 0.502. The summed E-state index contributed by atoms with van der Waals surface area (Å²) in [4.78, 5) is 11.7.